The van der Waals surface area contributed by atoms with E-state index in [1.807, 2.05) is 121 Å². The molecular weight excluding hydrogens is 969 g/mol. The molecule has 14 heteroatoms. The van der Waals surface area contributed by atoms with Crippen molar-refractivity contribution in [3.05, 3.63) is 251 Å². The molecule has 10 atom stereocenters. The fourth-order valence-corrected chi connectivity index (χ4v) is 8.98. The van der Waals surface area contributed by atoms with Crippen LogP contribution in [-0.4, -0.2) is 99.6 Å². The third kappa shape index (κ3) is 14.5. The van der Waals surface area contributed by atoms with Gasteiger partial charge >= 0.3 is 17.9 Å². The Bertz CT molecular complexity index is 2830. The molecule has 2 saturated heterocycles. The van der Waals surface area contributed by atoms with Crippen LogP contribution in [0.15, 0.2) is 212 Å². The van der Waals surface area contributed by atoms with Crippen molar-refractivity contribution in [1.82, 2.24) is 0 Å². The summed E-state index contributed by atoms with van der Waals surface area (Å²) in [6, 6.07) is 64.0. The minimum Gasteiger partial charge on any atom is -0.459 e. The van der Waals surface area contributed by atoms with Gasteiger partial charge in [-0.3, -0.25) is 0 Å². The van der Waals surface area contributed by atoms with Crippen molar-refractivity contribution in [3.63, 3.8) is 0 Å². The molecule has 2 aliphatic heterocycles. The molecule has 0 amide bonds. The summed E-state index contributed by atoms with van der Waals surface area (Å²) < 4.78 is 72.9. The van der Waals surface area contributed by atoms with E-state index < -0.39 is 85.9 Å². The van der Waals surface area contributed by atoms with E-state index in [0.29, 0.717) is 0 Å². The summed E-state index contributed by atoms with van der Waals surface area (Å²) in [5.74, 6) is -2.19. The number of carbonyl (C=O) groups is 3. The number of carbonyl (C=O) groups excluding carboxylic acids is 3. The van der Waals surface area contributed by atoms with Gasteiger partial charge in [0.1, 0.15) is 43.2 Å². The second kappa shape index (κ2) is 27.4. The van der Waals surface area contributed by atoms with Crippen molar-refractivity contribution in [1.29, 1.82) is 0 Å². The maximum absolute atomic E-state index is 14.4. The predicted octanol–water partition coefficient (Wildman–Crippen LogP) is 9.75. The van der Waals surface area contributed by atoms with E-state index in [-0.39, 0.29) is 49.7 Å². The number of hydrogen-bond donors (Lipinski definition) is 0. The Hall–Kier alpha value is -7.37. The van der Waals surface area contributed by atoms with Crippen LogP contribution < -0.4 is 0 Å². The predicted molar refractivity (Wildman–Crippen MR) is 278 cm³/mol. The smallest absolute Gasteiger partial charge is 0.338 e. The first-order valence-corrected chi connectivity index (χ1v) is 25.2. The summed E-state index contributed by atoms with van der Waals surface area (Å²) in [7, 11) is 1.36. The minimum atomic E-state index is -1.51. The van der Waals surface area contributed by atoms with Gasteiger partial charge in [0.05, 0.1) is 49.7 Å². The Balaban J connectivity index is 1.14. The van der Waals surface area contributed by atoms with E-state index in [1.165, 1.54) is 7.11 Å². The van der Waals surface area contributed by atoms with Crippen LogP contribution in [0.1, 0.15) is 53.3 Å². The molecule has 0 unspecified atom stereocenters. The Morgan fingerprint density at radius 2 is 0.737 bits per heavy atom. The SMILES string of the molecule is CO[C@@H]1O[C@H](COC(=O)c2ccccc2)[C@H](O[C@H]2O[C@H](COCc3ccccc3)[C@H](OCc3ccccc3)[C@H](OCc3ccccc3)[C@H]2OCc2ccccc2)[C@H](OC(=O)c2ccccc2)[C@H]1OC(=O)c1ccccc1. The van der Waals surface area contributed by atoms with Crippen molar-refractivity contribution in [2.24, 2.45) is 0 Å². The molecule has 0 saturated carbocycles. The van der Waals surface area contributed by atoms with Crippen LogP contribution in [0.5, 0.6) is 0 Å². The van der Waals surface area contributed by atoms with E-state index in [2.05, 4.69) is 0 Å². The number of rotatable bonds is 23. The molecule has 9 rings (SSSR count). The van der Waals surface area contributed by atoms with Crippen LogP contribution in [0.3, 0.4) is 0 Å². The lowest BCUT2D eigenvalue weighted by Gasteiger charge is -2.49. The average Bonchev–Trinajstić information content (AvgIpc) is 3.48. The monoisotopic (exact) mass is 1030 g/mol. The van der Waals surface area contributed by atoms with Crippen molar-refractivity contribution >= 4 is 17.9 Å². The van der Waals surface area contributed by atoms with Gasteiger partial charge in [0.2, 0.25) is 0 Å². The molecule has 392 valence electrons. The standard InChI is InChI=1S/C62H60O14/c1-66-61-57(75-60(65)49-35-21-8-22-36-49)55(74-59(64)48-33-19-7-20-34-48)53(51(72-61)42-71-58(63)47-31-17-6-18-32-47)76-62-56(70-40-46-29-15-5-16-30-46)54(69-39-45-27-13-4-14-28-45)52(68-38-44-25-11-3-12-26-44)50(73-62)41-67-37-43-23-9-2-10-24-43/h2-36,50-57,61-62H,37-42H2,1H3/t50-,51-,52+,53+,54+,55+,56-,57-,61-,62-/m1/s1. The summed E-state index contributed by atoms with van der Waals surface area (Å²) in [6.07, 6.45) is -12.2. The van der Waals surface area contributed by atoms with Gasteiger partial charge < -0.3 is 52.1 Å². The van der Waals surface area contributed by atoms with E-state index >= 15 is 0 Å². The zero-order chi connectivity index (χ0) is 52.3. The molecule has 7 aromatic rings. The number of ether oxygens (including phenoxy) is 11. The summed E-state index contributed by atoms with van der Waals surface area (Å²) in [5.41, 5.74) is 4.27. The first-order chi connectivity index (χ1) is 37.4. The molecule has 14 nitrogen and oxygen atoms in total. The third-order valence-electron chi connectivity index (χ3n) is 12.8. The largest absolute Gasteiger partial charge is 0.459 e. The van der Waals surface area contributed by atoms with Gasteiger partial charge in [0.25, 0.3) is 0 Å². The normalized spacial score (nSPS) is 23.2. The van der Waals surface area contributed by atoms with Crippen molar-refractivity contribution in [2.75, 3.05) is 20.3 Å². The van der Waals surface area contributed by atoms with Crippen LogP contribution in [0.25, 0.3) is 0 Å². The maximum atomic E-state index is 14.4. The zero-order valence-electron chi connectivity index (χ0n) is 41.9. The van der Waals surface area contributed by atoms with Gasteiger partial charge in [-0.15, -0.1) is 0 Å². The molecule has 2 heterocycles. The average molecular weight is 1030 g/mol. The lowest BCUT2D eigenvalue weighted by atomic mass is 9.95. The topological polar surface area (TPSA) is 153 Å². The molecule has 0 bridgehead atoms. The number of esters is 3. The van der Waals surface area contributed by atoms with Gasteiger partial charge in [-0.05, 0) is 58.7 Å². The highest BCUT2D eigenvalue weighted by atomic mass is 16.8. The van der Waals surface area contributed by atoms with Gasteiger partial charge in [-0.25, -0.2) is 14.4 Å². The lowest BCUT2D eigenvalue weighted by Crippen LogP contribution is -2.67. The van der Waals surface area contributed by atoms with Crippen molar-refractivity contribution < 1.29 is 66.5 Å². The molecule has 0 spiro atoms. The Morgan fingerprint density at radius 1 is 0.368 bits per heavy atom. The highest BCUT2D eigenvalue weighted by Gasteiger charge is 2.56. The van der Waals surface area contributed by atoms with Gasteiger partial charge in [0.15, 0.2) is 24.8 Å². The maximum Gasteiger partial charge on any atom is 0.338 e. The third-order valence-corrected chi connectivity index (χ3v) is 12.8. The van der Waals surface area contributed by atoms with Gasteiger partial charge in [0, 0.05) is 7.11 Å². The van der Waals surface area contributed by atoms with Crippen LogP contribution >= 0.6 is 0 Å². The molecule has 0 N–H and O–H groups in total. The molecule has 0 aromatic heterocycles. The summed E-state index contributed by atoms with van der Waals surface area (Å²) in [6.45, 7) is 0.203. The van der Waals surface area contributed by atoms with Crippen molar-refractivity contribution in [3.8, 4) is 0 Å². The number of hydrogen-bond acceptors (Lipinski definition) is 14. The summed E-state index contributed by atoms with van der Waals surface area (Å²) >= 11 is 0. The van der Waals surface area contributed by atoms with E-state index in [0.717, 1.165) is 22.3 Å². The van der Waals surface area contributed by atoms with Gasteiger partial charge in [-0.2, -0.15) is 0 Å². The van der Waals surface area contributed by atoms with Gasteiger partial charge in [-0.1, -0.05) is 176 Å². The number of methoxy groups -OCH3 is 1. The summed E-state index contributed by atoms with van der Waals surface area (Å²) in [5, 5.41) is 0. The number of benzene rings is 7. The molecule has 7 aromatic carbocycles. The fourth-order valence-electron chi connectivity index (χ4n) is 8.98. The molecule has 2 aliphatic rings. The zero-order valence-corrected chi connectivity index (χ0v) is 41.9. The van der Waals surface area contributed by atoms with Crippen LogP contribution in [-0.2, 0) is 78.5 Å². The molecule has 0 aliphatic carbocycles. The quantitative estimate of drug-likeness (QED) is 0.0441. The molecule has 76 heavy (non-hydrogen) atoms. The lowest BCUT2D eigenvalue weighted by molar-refractivity contribution is -0.367. The van der Waals surface area contributed by atoms with E-state index in [1.54, 1.807) is 91.0 Å². The summed E-state index contributed by atoms with van der Waals surface area (Å²) in [4.78, 5) is 42.2. The van der Waals surface area contributed by atoms with Crippen LogP contribution in [0.2, 0.25) is 0 Å². The first-order valence-electron chi connectivity index (χ1n) is 25.2. The Labute approximate surface area is 442 Å². The van der Waals surface area contributed by atoms with Crippen LogP contribution in [0.4, 0.5) is 0 Å². The van der Waals surface area contributed by atoms with Crippen LogP contribution in [0, 0.1) is 0 Å². The van der Waals surface area contributed by atoms with E-state index in [9.17, 15) is 14.4 Å². The Kier molecular flexibility index (Phi) is 19.3. The Morgan fingerprint density at radius 3 is 1.20 bits per heavy atom. The fraction of sp³-hybridized carbons (Fsp3) is 0.274. The molecular formula is C62H60O14. The second-order valence-corrected chi connectivity index (χ2v) is 18.1. The first kappa shape index (κ1) is 53.5. The minimum absolute atomic E-state index is 0.000416. The molecule has 2 fully saturated rings. The van der Waals surface area contributed by atoms with Crippen molar-refractivity contribution in [2.45, 2.75) is 87.8 Å². The highest BCUT2D eigenvalue weighted by Crippen LogP contribution is 2.37. The van der Waals surface area contributed by atoms with E-state index in [4.69, 9.17) is 52.1 Å². The highest BCUT2D eigenvalue weighted by molar-refractivity contribution is 5.90. The second-order valence-electron chi connectivity index (χ2n) is 18.1. The molecule has 0 radical (unpaired) electrons.